The summed E-state index contributed by atoms with van der Waals surface area (Å²) in [7, 11) is 2.08. The molecule has 1 N–H and O–H groups in total. The van der Waals surface area contributed by atoms with Gasteiger partial charge in [0.1, 0.15) is 5.69 Å². The van der Waals surface area contributed by atoms with Gasteiger partial charge in [-0.3, -0.25) is 4.79 Å². The lowest BCUT2D eigenvalue weighted by molar-refractivity contribution is 0.0954. The minimum atomic E-state index is -0.167. The standard InChI is InChI=1S/C18H20ClN5OS/c1-3-10-23(2)14-4-6-15(7-5-14)24-12-13(21-22-24)11-20-18(25)16-8-9-17(19)26-16/h4-9,12H,3,10-11H2,1-2H3,(H,20,25). The van der Waals surface area contributed by atoms with Crippen molar-refractivity contribution in [2.45, 2.75) is 19.9 Å². The lowest BCUT2D eigenvalue weighted by atomic mass is 10.2. The number of carbonyl (C=O) groups is 1. The van der Waals surface area contributed by atoms with Crippen LogP contribution < -0.4 is 10.2 Å². The van der Waals surface area contributed by atoms with Crippen molar-refractivity contribution in [1.29, 1.82) is 0 Å². The Kier molecular flexibility index (Phi) is 5.90. The highest BCUT2D eigenvalue weighted by Crippen LogP contribution is 2.21. The average Bonchev–Trinajstić information content (AvgIpc) is 3.29. The second-order valence-electron chi connectivity index (χ2n) is 5.88. The molecule has 2 heterocycles. The Morgan fingerprint density at radius 2 is 2.04 bits per heavy atom. The first-order valence-corrected chi connectivity index (χ1v) is 9.52. The zero-order valence-corrected chi connectivity index (χ0v) is 16.2. The number of amides is 1. The molecule has 0 saturated heterocycles. The molecular formula is C18H20ClN5OS. The van der Waals surface area contributed by atoms with Crippen LogP contribution in [0, 0.1) is 0 Å². The lowest BCUT2D eigenvalue weighted by Gasteiger charge is -2.18. The number of thiophene rings is 1. The van der Waals surface area contributed by atoms with E-state index in [-0.39, 0.29) is 5.91 Å². The van der Waals surface area contributed by atoms with E-state index in [4.69, 9.17) is 11.6 Å². The summed E-state index contributed by atoms with van der Waals surface area (Å²) in [5.41, 5.74) is 2.78. The predicted molar refractivity (Wildman–Crippen MR) is 105 cm³/mol. The number of nitrogens with one attached hydrogen (secondary N) is 1. The highest BCUT2D eigenvalue weighted by molar-refractivity contribution is 7.17. The van der Waals surface area contributed by atoms with Gasteiger partial charge in [0.15, 0.2) is 0 Å². The maximum absolute atomic E-state index is 12.0. The molecule has 3 rings (SSSR count). The van der Waals surface area contributed by atoms with Crippen LogP contribution in [0.3, 0.4) is 0 Å². The maximum Gasteiger partial charge on any atom is 0.261 e. The third-order valence-corrected chi connectivity index (χ3v) is 5.11. The molecule has 136 valence electrons. The normalized spacial score (nSPS) is 10.7. The summed E-state index contributed by atoms with van der Waals surface area (Å²) in [6.45, 7) is 3.49. The van der Waals surface area contributed by atoms with Gasteiger partial charge in [-0.05, 0) is 42.8 Å². The Morgan fingerprint density at radius 3 is 2.69 bits per heavy atom. The molecular weight excluding hydrogens is 370 g/mol. The topological polar surface area (TPSA) is 63.0 Å². The Hall–Kier alpha value is -2.38. The van der Waals surface area contributed by atoms with Crippen molar-refractivity contribution in [3.05, 3.63) is 57.5 Å². The summed E-state index contributed by atoms with van der Waals surface area (Å²) in [5, 5.41) is 11.1. The average molecular weight is 390 g/mol. The third-order valence-electron chi connectivity index (χ3n) is 3.88. The number of nitrogens with zero attached hydrogens (tertiary/aromatic N) is 4. The van der Waals surface area contributed by atoms with Gasteiger partial charge < -0.3 is 10.2 Å². The molecule has 0 bridgehead atoms. The van der Waals surface area contributed by atoms with Crippen LogP contribution in [0.4, 0.5) is 5.69 Å². The van der Waals surface area contributed by atoms with E-state index in [1.54, 1.807) is 16.8 Å². The second kappa shape index (κ2) is 8.33. The predicted octanol–water partition coefficient (Wildman–Crippen LogP) is 3.76. The Labute approximate surface area is 161 Å². The Bertz CT molecular complexity index is 874. The van der Waals surface area contributed by atoms with E-state index in [0.717, 1.165) is 24.3 Å². The SMILES string of the molecule is CCCN(C)c1ccc(-n2cc(CNC(=O)c3ccc(Cl)s3)nn2)cc1. The molecule has 2 aromatic heterocycles. The van der Waals surface area contributed by atoms with E-state index in [9.17, 15) is 4.79 Å². The van der Waals surface area contributed by atoms with Gasteiger partial charge in [-0.25, -0.2) is 4.68 Å². The lowest BCUT2D eigenvalue weighted by Crippen LogP contribution is -2.21. The van der Waals surface area contributed by atoms with Gasteiger partial charge in [0.05, 0.1) is 27.6 Å². The van der Waals surface area contributed by atoms with E-state index in [0.29, 0.717) is 21.5 Å². The van der Waals surface area contributed by atoms with E-state index in [1.807, 2.05) is 18.3 Å². The molecule has 1 amide bonds. The van der Waals surface area contributed by atoms with Gasteiger partial charge in [-0.1, -0.05) is 23.7 Å². The van der Waals surface area contributed by atoms with Crippen LogP contribution in [-0.4, -0.2) is 34.5 Å². The monoisotopic (exact) mass is 389 g/mol. The fraction of sp³-hybridized carbons (Fsp3) is 0.278. The highest BCUT2D eigenvalue weighted by Gasteiger charge is 2.10. The van der Waals surface area contributed by atoms with Crippen LogP contribution in [0.2, 0.25) is 4.34 Å². The van der Waals surface area contributed by atoms with E-state index >= 15 is 0 Å². The summed E-state index contributed by atoms with van der Waals surface area (Å²) in [5.74, 6) is -0.167. The van der Waals surface area contributed by atoms with E-state index < -0.39 is 0 Å². The zero-order valence-electron chi connectivity index (χ0n) is 14.6. The smallest absolute Gasteiger partial charge is 0.261 e. The van der Waals surface area contributed by atoms with Crippen molar-refractivity contribution in [2.75, 3.05) is 18.5 Å². The van der Waals surface area contributed by atoms with Crippen LogP contribution >= 0.6 is 22.9 Å². The van der Waals surface area contributed by atoms with Crippen LogP contribution in [0.15, 0.2) is 42.6 Å². The van der Waals surface area contributed by atoms with Gasteiger partial charge in [0.2, 0.25) is 0 Å². The number of benzene rings is 1. The van der Waals surface area contributed by atoms with Crippen LogP contribution in [-0.2, 0) is 6.54 Å². The van der Waals surface area contributed by atoms with Gasteiger partial charge in [0, 0.05) is 19.3 Å². The van der Waals surface area contributed by atoms with Crippen LogP contribution in [0.1, 0.15) is 28.7 Å². The zero-order chi connectivity index (χ0) is 18.5. The molecule has 0 unspecified atom stereocenters. The van der Waals surface area contributed by atoms with Crippen molar-refractivity contribution in [3.63, 3.8) is 0 Å². The fourth-order valence-corrected chi connectivity index (χ4v) is 3.48. The largest absolute Gasteiger partial charge is 0.375 e. The number of hydrogen-bond donors (Lipinski definition) is 1. The number of aromatic nitrogens is 3. The number of hydrogen-bond acceptors (Lipinski definition) is 5. The molecule has 0 fully saturated rings. The second-order valence-corrected chi connectivity index (χ2v) is 7.59. The van der Waals surface area contributed by atoms with Gasteiger partial charge in [-0.15, -0.1) is 16.4 Å². The van der Waals surface area contributed by atoms with Gasteiger partial charge >= 0.3 is 0 Å². The highest BCUT2D eigenvalue weighted by atomic mass is 35.5. The maximum atomic E-state index is 12.0. The van der Waals surface area contributed by atoms with E-state index in [2.05, 4.69) is 46.6 Å². The molecule has 0 saturated carbocycles. The molecule has 3 aromatic rings. The summed E-state index contributed by atoms with van der Waals surface area (Å²) < 4.78 is 2.29. The van der Waals surface area contributed by atoms with Gasteiger partial charge in [0.25, 0.3) is 5.91 Å². The van der Waals surface area contributed by atoms with Crippen molar-refractivity contribution in [3.8, 4) is 5.69 Å². The molecule has 8 heteroatoms. The summed E-state index contributed by atoms with van der Waals surface area (Å²) in [6, 6.07) is 11.6. The quantitative estimate of drug-likeness (QED) is 0.668. The van der Waals surface area contributed by atoms with Crippen LogP contribution in [0.5, 0.6) is 0 Å². The number of halogens is 1. The Morgan fingerprint density at radius 1 is 1.27 bits per heavy atom. The van der Waals surface area contributed by atoms with Gasteiger partial charge in [-0.2, -0.15) is 0 Å². The number of carbonyl (C=O) groups excluding carboxylic acids is 1. The molecule has 1 aromatic carbocycles. The number of rotatable bonds is 7. The first kappa shape index (κ1) is 18.4. The first-order chi connectivity index (χ1) is 12.6. The first-order valence-electron chi connectivity index (χ1n) is 8.33. The van der Waals surface area contributed by atoms with Crippen molar-refractivity contribution >= 4 is 34.5 Å². The summed E-state index contributed by atoms with van der Waals surface area (Å²) in [4.78, 5) is 14.8. The molecule has 0 radical (unpaired) electrons. The number of anilines is 1. The molecule has 0 aliphatic heterocycles. The molecule has 0 aliphatic rings. The molecule has 26 heavy (non-hydrogen) atoms. The molecule has 0 spiro atoms. The summed E-state index contributed by atoms with van der Waals surface area (Å²) >= 11 is 7.10. The molecule has 0 aliphatic carbocycles. The molecule has 0 atom stereocenters. The van der Waals surface area contributed by atoms with Crippen molar-refractivity contribution < 1.29 is 4.79 Å². The van der Waals surface area contributed by atoms with Crippen molar-refractivity contribution in [1.82, 2.24) is 20.3 Å². The summed E-state index contributed by atoms with van der Waals surface area (Å²) in [6.07, 6.45) is 2.92. The van der Waals surface area contributed by atoms with E-state index in [1.165, 1.54) is 11.3 Å². The van der Waals surface area contributed by atoms with Crippen molar-refractivity contribution in [2.24, 2.45) is 0 Å². The minimum Gasteiger partial charge on any atom is -0.375 e. The third kappa shape index (κ3) is 4.42. The fourth-order valence-electron chi connectivity index (χ4n) is 2.52. The Balaban J connectivity index is 1.61. The van der Waals surface area contributed by atoms with Crippen LogP contribution in [0.25, 0.3) is 5.69 Å². The minimum absolute atomic E-state index is 0.167. The molecule has 6 nitrogen and oxygen atoms in total.